The Morgan fingerprint density at radius 2 is 1.72 bits per heavy atom. The van der Waals surface area contributed by atoms with Gasteiger partial charge in [-0.05, 0) is 49.2 Å². The largest absolute Gasteiger partial charge is 0.416 e. The van der Waals surface area contributed by atoms with E-state index >= 15 is 0 Å². The summed E-state index contributed by atoms with van der Waals surface area (Å²) in [5, 5.41) is 18.8. The van der Waals surface area contributed by atoms with Gasteiger partial charge >= 0.3 is 6.18 Å². The molecule has 3 rings (SSSR count). The minimum Gasteiger partial charge on any atom is -0.388 e. The number of amidine groups is 1. The highest BCUT2D eigenvalue weighted by molar-refractivity contribution is 6.02. The smallest absolute Gasteiger partial charge is 0.388 e. The Labute approximate surface area is 167 Å². The van der Waals surface area contributed by atoms with Crippen LogP contribution in [0.2, 0.25) is 0 Å². The Hall–Kier alpha value is -2.78. The number of aliphatic hydroxyl groups is 1. The zero-order valence-corrected chi connectivity index (χ0v) is 15.8. The standard InChI is InChI=1S/C20H24F3N5O/c21-20(22,23)14-7-9-15(10-8-14)26-17-6-2-1-5-16(17)18(24)27-28(25)13-19(29)11-3-4-12-19/h1-2,5-10,26,29H,3-4,11-13,25H2,(H2,24,27). The molecule has 0 amide bonds. The summed E-state index contributed by atoms with van der Waals surface area (Å²) in [7, 11) is 0. The molecule has 0 spiro atoms. The maximum Gasteiger partial charge on any atom is 0.416 e. The first-order valence-corrected chi connectivity index (χ1v) is 9.29. The summed E-state index contributed by atoms with van der Waals surface area (Å²) in [6.45, 7) is 0.169. The van der Waals surface area contributed by atoms with Gasteiger partial charge in [0, 0.05) is 16.9 Å². The van der Waals surface area contributed by atoms with Gasteiger partial charge in [-0.1, -0.05) is 25.0 Å². The topological polar surface area (TPSA) is 99.9 Å². The molecule has 9 heteroatoms. The third-order valence-corrected chi connectivity index (χ3v) is 4.92. The summed E-state index contributed by atoms with van der Waals surface area (Å²) >= 11 is 0. The zero-order chi connectivity index (χ0) is 21.1. The molecule has 1 aliphatic rings. The number of nitrogens with zero attached hydrogens (tertiary/aromatic N) is 2. The SMILES string of the molecule is N/C(=N\N(N)CC1(O)CCCC1)c1ccccc1Nc1ccc(C(F)(F)F)cc1. The highest BCUT2D eigenvalue weighted by Crippen LogP contribution is 2.31. The molecule has 0 aliphatic heterocycles. The summed E-state index contributed by atoms with van der Waals surface area (Å²) in [6.07, 6.45) is -1.15. The number of nitrogens with two attached hydrogens (primary N) is 2. The number of alkyl halides is 3. The number of hydrazone groups is 1. The first kappa shape index (κ1) is 20.9. The van der Waals surface area contributed by atoms with Crippen LogP contribution in [0.3, 0.4) is 0 Å². The molecule has 0 bridgehead atoms. The number of hydrogen-bond donors (Lipinski definition) is 4. The quantitative estimate of drug-likeness (QED) is 0.254. The third-order valence-electron chi connectivity index (χ3n) is 4.92. The molecule has 1 saturated carbocycles. The molecular weight excluding hydrogens is 383 g/mol. The number of para-hydroxylation sites is 1. The number of halogens is 3. The molecule has 0 unspecified atom stereocenters. The maximum atomic E-state index is 12.7. The van der Waals surface area contributed by atoms with Gasteiger partial charge in [0.05, 0.1) is 17.7 Å². The number of nitrogens with one attached hydrogen (secondary N) is 1. The minimum atomic E-state index is -4.39. The van der Waals surface area contributed by atoms with Gasteiger partial charge in [-0.3, -0.25) is 0 Å². The Bertz CT molecular complexity index is 861. The molecule has 2 aromatic carbocycles. The van der Waals surface area contributed by atoms with Crippen molar-refractivity contribution in [1.82, 2.24) is 5.12 Å². The van der Waals surface area contributed by atoms with Crippen molar-refractivity contribution in [2.45, 2.75) is 37.5 Å². The summed E-state index contributed by atoms with van der Waals surface area (Å²) in [5.74, 6) is 6.04. The molecule has 6 nitrogen and oxygen atoms in total. The number of anilines is 2. The van der Waals surface area contributed by atoms with Crippen molar-refractivity contribution >= 4 is 17.2 Å². The van der Waals surface area contributed by atoms with E-state index in [-0.39, 0.29) is 12.4 Å². The molecule has 0 aromatic heterocycles. The predicted octanol–water partition coefficient (Wildman–Crippen LogP) is 3.55. The van der Waals surface area contributed by atoms with Gasteiger partial charge < -0.3 is 16.2 Å². The van der Waals surface area contributed by atoms with Crippen molar-refractivity contribution in [3.8, 4) is 0 Å². The number of hydrazine groups is 1. The summed E-state index contributed by atoms with van der Waals surface area (Å²) in [6, 6.07) is 11.7. The van der Waals surface area contributed by atoms with E-state index < -0.39 is 17.3 Å². The minimum absolute atomic E-state index is 0.129. The van der Waals surface area contributed by atoms with E-state index in [0.717, 1.165) is 30.1 Å². The second kappa shape index (κ2) is 8.30. The van der Waals surface area contributed by atoms with Crippen molar-refractivity contribution in [1.29, 1.82) is 0 Å². The second-order valence-electron chi connectivity index (χ2n) is 7.26. The van der Waals surface area contributed by atoms with Crippen molar-refractivity contribution in [3.63, 3.8) is 0 Å². The molecule has 0 radical (unpaired) electrons. The van der Waals surface area contributed by atoms with E-state index in [2.05, 4.69) is 10.4 Å². The first-order valence-electron chi connectivity index (χ1n) is 9.29. The highest BCUT2D eigenvalue weighted by atomic mass is 19.4. The van der Waals surface area contributed by atoms with E-state index in [4.69, 9.17) is 11.6 Å². The Morgan fingerprint density at radius 1 is 1.10 bits per heavy atom. The van der Waals surface area contributed by atoms with E-state index in [1.165, 1.54) is 12.1 Å². The van der Waals surface area contributed by atoms with Crippen molar-refractivity contribution in [2.24, 2.45) is 16.7 Å². The molecule has 2 aromatic rings. The number of rotatable bonds is 6. The van der Waals surface area contributed by atoms with E-state index in [1.807, 2.05) is 0 Å². The van der Waals surface area contributed by atoms with E-state index in [1.54, 1.807) is 24.3 Å². The Kier molecular flexibility index (Phi) is 5.99. The van der Waals surface area contributed by atoms with Gasteiger partial charge in [0.2, 0.25) is 0 Å². The van der Waals surface area contributed by atoms with Crippen LogP contribution in [0.4, 0.5) is 24.5 Å². The van der Waals surface area contributed by atoms with Crippen LogP contribution >= 0.6 is 0 Å². The highest BCUT2D eigenvalue weighted by Gasteiger charge is 2.32. The van der Waals surface area contributed by atoms with Crippen molar-refractivity contribution in [2.75, 3.05) is 11.9 Å². The van der Waals surface area contributed by atoms with Crippen LogP contribution < -0.4 is 16.9 Å². The van der Waals surface area contributed by atoms with Crippen molar-refractivity contribution in [3.05, 3.63) is 59.7 Å². The van der Waals surface area contributed by atoms with Crippen LogP contribution in [-0.4, -0.2) is 28.2 Å². The lowest BCUT2D eigenvalue weighted by Crippen LogP contribution is -2.43. The van der Waals surface area contributed by atoms with Crippen LogP contribution in [0.5, 0.6) is 0 Å². The molecule has 156 valence electrons. The van der Waals surface area contributed by atoms with Crippen LogP contribution in [-0.2, 0) is 6.18 Å². The molecule has 1 fully saturated rings. The predicted molar refractivity (Wildman–Crippen MR) is 106 cm³/mol. The lowest BCUT2D eigenvalue weighted by Gasteiger charge is -2.26. The van der Waals surface area contributed by atoms with Crippen molar-refractivity contribution < 1.29 is 18.3 Å². The first-order chi connectivity index (χ1) is 13.7. The summed E-state index contributed by atoms with van der Waals surface area (Å²) in [4.78, 5) is 0. The molecule has 6 N–H and O–H groups in total. The Morgan fingerprint density at radius 3 is 2.34 bits per heavy atom. The number of hydrogen-bond acceptors (Lipinski definition) is 5. The van der Waals surface area contributed by atoms with Gasteiger partial charge in [0.15, 0.2) is 5.84 Å². The Balaban J connectivity index is 1.75. The summed E-state index contributed by atoms with van der Waals surface area (Å²) in [5.41, 5.74) is 6.11. The fraction of sp³-hybridized carbons (Fsp3) is 0.350. The zero-order valence-electron chi connectivity index (χ0n) is 15.8. The van der Waals surface area contributed by atoms with Gasteiger partial charge in [-0.25, -0.2) is 11.0 Å². The fourth-order valence-electron chi connectivity index (χ4n) is 3.43. The fourth-order valence-corrected chi connectivity index (χ4v) is 3.43. The van der Waals surface area contributed by atoms with Gasteiger partial charge in [0.1, 0.15) is 0 Å². The maximum absolute atomic E-state index is 12.7. The van der Waals surface area contributed by atoms with E-state index in [0.29, 0.717) is 29.8 Å². The van der Waals surface area contributed by atoms with Gasteiger partial charge in [-0.15, -0.1) is 5.10 Å². The lowest BCUT2D eigenvalue weighted by molar-refractivity contribution is -0.137. The molecule has 0 saturated heterocycles. The normalized spacial score (nSPS) is 16.7. The van der Waals surface area contributed by atoms with Crippen LogP contribution in [0.25, 0.3) is 0 Å². The summed E-state index contributed by atoms with van der Waals surface area (Å²) < 4.78 is 38.2. The lowest BCUT2D eigenvalue weighted by atomic mass is 10.0. The van der Waals surface area contributed by atoms with Crippen LogP contribution in [0.15, 0.2) is 53.6 Å². The van der Waals surface area contributed by atoms with E-state index in [9.17, 15) is 18.3 Å². The molecule has 1 aliphatic carbocycles. The average molecular weight is 407 g/mol. The van der Waals surface area contributed by atoms with Gasteiger partial charge in [-0.2, -0.15) is 13.2 Å². The second-order valence-corrected chi connectivity index (χ2v) is 7.26. The third kappa shape index (κ3) is 5.39. The van der Waals surface area contributed by atoms with Crippen LogP contribution in [0.1, 0.15) is 36.8 Å². The molecule has 0 heterocycles. The molecule has 29 heavy (non-hydrogen) atoms. The van der Waals surface area contributed by atoms with Crippen LogP contribution in [0, 0.1) is 0 Å². The van der Waals surface area contributed by atoms with Gasteiger partial charge in [0.25, 0.3) is 0 Å². The monoisotopic (exact) mass is 407 g/mol. The number of benzene rings is 2. The molecule has 0 atom stereocenters. The average Bonchev–Trinajstić information content (AvgIpc) is 3.07. The molecular formula is C20H24F3N5O.